The number of fused-ring (bicyclic) bond motifs is 1. The number of nitrogens with one attached hydrogen (secondary N) is 2. The smallest absolute Gasteiger partial charge is 0.407 e. The van der Waals surface area contributed by atoms with Crippen LogP contribution < -0.4 is 24.8 Å². The lowest BCUT2D eigenvalue weighted by Gasteiger charge is -2.25. The first-order valence-electron chi connectivity index (χ1n) is 13.7. The quantitative estimate of drug-likeness (QED) is 0.257. The molecule has 0 unspecified atom stereocenters. The number of carbonyl (C=O) groups is 2. The van der Waals surface area contributed by atoms with Gasteiger partial charge in [-0.2, -0.15) is 9.83 Å². The van der Waals surface area contributed by atoms with Crippen LogP contribution in [0.3, 0.4) is 0 Å². The molecule has 9 nitrogen and oxygen atoms in total. The Hall–Kier alpha value is -4.32. The summed E-state index contributed by atoms with van der Waals surface area (Å²) in [5.41, 5.74) is 3.69. The summed E-state index contributed by atoms with van der Waals surface area (Å²) in [5.74, 6) is 1.08. The molecule has 1 aliphatic rings. The van der Waals surface area contributed by atoms with Crippen molar-refractivity contribution in [1.82, 2.24) is 10.6 Å². The van der Waals surface area contributed by atoms with E-state index in [2.05, 4.69) is 47.6 Å². The number of ether oxygens (including phenoxy) is 2. The Morgan fingerprint density at radius 2 is 1.75 bits per heavy atom. The third-order valence-corrected chi connectivity index (χ3v) is 6.29. The third kappa shape index (κ3) is 8.34. The molecule has 40 heavy (non-hydrogen) atoms. The average Bonchev–Trinajstić information content (AvgIpc) is 2.89. The predicted octanol–water partition coefficient (Wildman–Crippen LogP) is 4.58. The van der Waals surface area contributed by atoms with Crippen LogP contribution in [0, 0.1) is 11.3 Å². The average molecular weight is 547 g/mol. The molecule has 9 heteroatoms. The second-order valence-electron chi connectivity index (χ2n) is 10.5. The number of rotatable bonds is 10. The zero-order chi connectivity index (χ0) is 29.3. The number of hydrogen-bond acceptors (Lipinski definition) is 6. The fourth-order valence-corrected chi connectivity index (χ4v) is 4.29. The second kappa shape index (κ2) is 13.7. The van der Waals surface area contributed by atoms with Gasteiger partial charge in [-0.1, -0.05) is 0 Å². The molecule has 2 heterocycles. The Labute approximate surface area is 237 Å². The predicted molar refractivity (Wildman–Crippen MR) is 155 cm³/mol. The molecule has 0 fully saturated rings. The van der Waals surface area contributed by atoms with Gasteiger partial charge in [0.25, 0.3) is 5.91 Å². The third-order valence-electron chi connectivity index (χ3n) is 6.29. The van der Waals surface area contributed by atoms with E-state index in [0.29, 0.717) is 36.4 Å². The zero-order valence-corrected chi connectivity index (χ0v) is 24.3. The molecule has 2 N–H and O–H groups in total. The summed E-state index contributed by atoms with van der Waals surface area (Å²) in [4.78, 5) is 26.3. The standard InChI is InChI=1S/C31H39N5O4/c1-7-36(8-2)24-10-11-25-22(3)18-27(39-28(25)19-24)26(20-32)23-12-16-35(17-13-23)21-29(37)33-14-9-15-34-30(38)40-31(4,5)6/h10-13,16-19H,7-9,14-15,21H2,1-6H3,(H-,33,34,37,38)/p+1. The van der Waals surface area contributed by atoms with Crippen LogP contribution in [-0.4, -0.2) is 43.8 Å². The fraction of sp³-hybridized carbons (Fsp3) is 0.419. The summed E-state index contributed by atoms with van der Waals surface area (Å²) in [6, 6.07) is 12.1. The molecule has 2 aromatic rings. The lowest BCUT2D eigenvalue weighted by molar-refractivity contribution is -0.684. The van der Waals surface area contributed by atoms with E-state index < -0.39 is 11.7 Å². The van der Waals surface area contributed by atoms with E-state index in [4.69, 9.17) is 9.47 Å². The van der Waals surface area contributed by atoms with Crippen LogP contribution in [0.5, 0.6) is 5.75 Å². The van der Waals surface area contributed by atoms with E-state index in [1.165, 1.54) is 0 Å². The van der Waals surface area contributed by atoms with E-state index in [9.17, 15) is 14.9 Å². The summed E-state index contributed by atoms with van der Waals surface area (Å²) >= 11 is 0. The number of nitriles is 1. The van der Waals surface area contributed by atoms with Gasteiger partial charge in [0.2, 0.25) is 6.54 Å². The number of carbonyl (C=O) groups excluding carboxylic acids is 2. The van der Waals surface area contributed by atoms with E-state index in [1.54, 1.807) is 49.9 Å². The van der Waals surface area contributed by atoms with Crippen molar-refractivity contribution >= 4 is 28.8 Å². The number of aromatic nitrogens is 1. The highest BCUT2D eigenvalue weighted by Gasteiger charge is 2.21. The van der Waals surface area contributed by atoms with Crippen molar-refractivity contribution in [1.29, 1.82) is 5.26 Å². The van der Waals surface area contributed by atoms with Crippen molar-refractivity contribution in [2.24, 2.45) is 0 Å². The maximum Gasteiger partial charge on any atom is 0.407 e. The highest BCUT2D eigenvalue weighted by molar-refractivity contribution is 5.85. The molecule has 1 aromatic carbocycles. The number of alkyl carbamates (subject to hydrolysis) is 1. The topological polar surface area (TPSA) is 108 Å². The molecule has 2 amide bonds. The first-order valence-corrected chi connectivity index (χ1v) is 13.7. The van der Waals surface area contributed by atoms with Crippen LogP contribution >= 0.6 is 0 Å². The van der Waals surface area contributed by atoms with Gasteiger partial charge in [0.1, 0.15) is 28.8 Å². The SMILES string of the molecule is CCN(CC)c1ccc2c(c1)O/C(=C(/C#N)c1cc[n+](CC(=O)NCCCNC(=O)OC(C)(C)C)cc1)C=C2C. The van der Waals surface area contributed by atoms with Gasteiger partial charge in [-0.05, 0) is 71.7 Å². The van der Waals surface area contributed by atoms with Gasteiger partial charge in [-0.3, -0.25) is 4.79 Å². The molecule has 0 saturated heterocycles. The summed E-state index contributed by atoms with van der Waals surface area (Å²) < 4.78 is 13.2. The van der Waals surface area contributed by atoms with Crippen molar-refractivity contribution < 1.29 is 23.6 Å². The van der Waals surface area contributed by atoms with Crippen LogP contribution in [0.1, 0.15) is 59.1 Å². The number of amides is 2. The molecule has 0 saturated carbocycles. The lowest BCUT2D eigenvalue weighted by Crippen LogP contribution is -2.43. The summed E-state index contributed by atoms with van der Waals surface area (Å²) in [7, 11) is 0. The number of nitrogens with zero attached hydrogens (tertiary/aromatic N) is 3. The molecule has 0 bridgehead atoms. The zero-order valence-electron chi connectivity index (χ0n) is 24.3. The summed E-state index contributed by atoms with van der Waals surface area (Å²) in [5, 5.41) is 15.5. The molecule has 0 atom stereocenters. The fourth-order valence-electron chi connectivity index (χ4n) is 4.29. The van der Waals surface area contributed by atoms with Crippen molar-refractivity contribution in [3.05, 3.63) is 65.7 Å². The van der Waals surface area contributed by atoms with E-state index >= 15 is 0 Å². The Morgan fingerprint density at radius 3 is 2.38 bits per heavy atom. The highest BCUT2D eigenvalue weighted by Crippen LogP contribution is 2.38. The van der Waals surface area contributed by atoms with Gasteiger partial charge in [-0.25, -0.2) is 4.79 Å². The normalized spacial score (nSPS) is 13.7. The summed E-state index contributed by atoms with van der Waals surface area (Å²) in [6.07, 6.45) is 5.54. The number of allylic oxidation sites excluding steroid dienone is 3. The Balaban J connectivity index is 1.60. The van der Waals surface area contributed by atoms with Crippen molar-refractivity contribution in [2.45, 2.75) is 60.1 Å². The molecular weight excluding hydrogens is 506 g/mol. The Morgan fingerprint density at radius 1 is 1.07 bits per heavy atom. The van der Waals surface area contributed by atoms with Gasteiger partial charge in [-0.15, -0.1) is 0 Å². The van der Waals surface area contributed by atoms with Crippen LogP contribution in [0.4, 0.5) is 10.5 Å². The second-order valence-corrected chi connectivity index (χ2v) is 10.5. The van der Waals surface area contributed by atoms with Crippen molar-refractivity contribution in [2.75, 3.05) is 31.1 Å². The maximum absolute atomic E-state index is 12.4. The molecule has 3 rings (SSSR count). The molecule has 0 radical (unpaired) electrons. The maximum atomic E-state index is 12.4. The van der Waals surface area contributed by atoms with Gasteiger partial charge in [0.05, 0.1) is 0 Å². The van der Waals surface area contributed by atoms with Gasteiger partial charge >= 0.3 is 6.09 Å². The summed E-state index contributed by atoms with van der Waals surface area (Å²) in [6.45, 7) is 14.4. The first kappa shape index (κ1) is 30.2. The van der Waals surface area contributed by atoms with Crippen LogP contribution in [0.15, 0.2) is 54.6 Å². The van der Waals surface area contributed by atoms with Crippen LogP contribution in [-0.2, 0) is 16.1 Å². The van der Waals surface area contributed by atoms with Crippen LogP contribution in [0.2, 0.25) is 0 Å². The minimum absolute atomic E-state index is 0.134. The van der Waals surface area contributed by atoms with Crippen molar-refractivity contribution in [3.63, 3.8) is 0 Å². The van der Waals surface area contributed by atoms with E-state index in [-0.39, 0.29) is 12.5 Å². The van der Waals surface area contributed by atoms with E-state index in [0.717, 1.165) is 35.7 Å². The molecular formula is C31H40N5O4+. The van der Waals surface area contributed by atoms with Crippen molar-refractivity contribution in [3.8, 4) is 11.8 Å². The Kier molecular flexibility index (Phi) is 10.3. The molecule has 1 aliphatic heterocycles. The molecule has 212 valence electrons. The van der Waals surface area contributed by atoms with E-state index in [1.807, 2.05) is 19.1 Å². The highest BCUT2D eigenvalue weighted by atomic mass is 16.6. The monoisotopic (exact) mass is 546 g/mol. The minimum atomic E-state index is -0.546. The largest absolute Gasteiger partial charge is 0.455 e. The molecule has 0 spiro atoms. The van der Waals surface area contributed by atoms with Gasteiger partial charge in [0.15, 0.2) is 12.4 Å². The number of benzene rings is 1. The first-order chi connectivity index (χ1) is 19.0. The number of anilines is 1. The Bertz CT molecular complexity index is 1310. The molecule has 1 aromatic heterocycles. The van der Waals surface area contributed by atoms with Gasteiger partial charge < -0.3 is 25.0 Å². The van der Waals surface area contributed by atoms with Gasteiger partial charge in [0, 0.05) is 61.2 Å². The minimum Gasteiger partial charge on any atom is -0.455 e. The van der Waals surface area contributed by atoms with Crippen LogP contribution in [0.25, 0.3) is 11.1 Å². The molecule has 0 aliphatic carbocycles. The number of pyridine rings is 1. The lowest BCUT2D eigenvalue weighted by atomic mass is 9.99. The number of hydrogen-bond donors (Lipinski definition) is 2.